The lowest BCUT2D eigenvalue weighted by atomic mass is 10.1. The van der Waals surface area contributed by atoms with Gasteiger partial charge in [-0.2, -0.15) is 0 Å². The molecule has 0 bridgehead atoms. The fraction of sp³-hybridized carbons (Fsp3) is 0.786. The maximum Gasteiger partial charge on any atom is 0.216 e. The first kappa shape index (κ1) is 16.7. The van der Waals surface area contributed by atoms with Crippen molar-refractivity contribution < 1.29 is 9.09 Å². The maximum atomic E-state index is 13.0. The van der Waals surface area contributed by atoms with Gasteiger partial charge in [0.25, 0.3) is 0 Å². The minimum Gasteiger partial charge on any atom is -0.359 e. The fourth-order valence-electron chi connectivity index (χ4n) is 2.97. The SMILES string of the molecule is Cc1cc(C2CCCN2CCP(=O)(N(C)C)N(C)C)on1. The standard InChI is InChI=1S/C14H27N4O2P/c1-12-11-14(20-15-12)13-7-6-8-18(13)9-10-21(19,16(2)3)17(4)5/h11,13H,6-10H2,1-5H3. The number of hydrogen-bond donors (Lipinski definition) is 0. The first-order valence-electron chi connectivity index (χ1n) is 7.46. The van der Waals surface area contributed by atoms with E-state index < -0.39 is 7.44 Å². The van der Waals surface area contributed by atoms with Crippen LogP contribution in [0.25, 0.3) is 0 Å². The van der Waals surface area contributed by atoms with E-state index in [1.165, 1.54) is 0 Å². The molecule has 1 unspecified atom stereocenters. The molecule has 2 rings (SSSR count). The predicted molar refractivity (Wildman–Crippen MR) is 84.6 cm³/mol. The van der Waals surface area contributed by atoms with Gasteiger partial charge in [-0.1, -0.05) is 5.16 Å². The van der Waals surface area contributed by atoms with Crippen molar-refractivity contribution in [3.05, 3.63) is 17.5 Å². The van der Waals surface area contributed by atoms with Crippen LogP contribution in [0.5, 0.6) is 0 Å². The van der Waals surface area contributed by atoms with Gasteiger partial charge in [-0.15, -0.1) is 0 Å². The lowest BCUT2D eigenvalue weighted by molar-refractivity contribution is 0.222. The summed E-state index contributed by atoms with van der Waals surface area (Å²) in [6.07, 6.45) is 2.90. The summed E-state index contributed by atoms with van der Waals surface area (Å²) in [6.45, 7) is 3.79. The molecule has 0 spiro atoms. The van der Waals surface area contributed by atoms with Gasteiger partial charge in [-0.3, -0.25) is 9.46 Å². The number of rotatable bonds is 6. The molecule has 7 heteroatoms. The topological polar surface area (TPSA) is 52.8 Å². The minimum absolute atomic E-state index is 0.281. The highest BCUT2D eigenvalue weighted by atomic mass is 31.2. The average molecular weight is 314 g/mol. The molecule has 1 aromatic rings. The van der Waals surface area contributed by atoms with Gasteiger partial charge in [0, 0.05) is 18.8 Å². The summed E-state index contributed by atoms with van der Waals surface area (Å²) < 4.78 is 22.1. The second-order valence-electron chi connectivity index (χ2n) is 6.15. The van der Waals surface area contributed by atoms with Gasteiger partial charge in [0.1, 0.15) is 0 Å². The van der Waals surface area contributed by atoms with E-state index in [0.29, 0.717) is 6.16 Å². The quantitative estimate of drug-likeness (QED) is 0.752. The van der Waals surface area contributed by atoms with E-state index in [1.807, 2.05) is 50.5 Å². The van der Waals surface area contributed by atoms with Crippen LogP contribution in [-0.4, -0.2) is 66.8 Å². The van der Waals surface area contributed by atoms with Crippen molar-refractivity contribution in [3.63, 3.8) is 0 Å². The van der Waals surface area contributed by atoms with Crippen LogP contribution in [0.1, 0.15) is 30.3 Å². The lowest BCUT2D eigenvalue weighted by Gasteiger charge is -2.32. The van der Waals surface area contributed by atoms with Gasteiger partial charge in [-0.05, 0) is 54.5 Å². The van der Waals surface area contributed by atoms with Crippen molar-refractivity contribution >= 4 is 7.44 Å². The molecular formula is C14H27N4O2P. The third-order valence-electron chi connectivity index (χ3n) is 4.27. The Kier molecular flexibility index (Phi) is 5.25. The Hall–Kier alpha value is -0.680. The van der Waals surface area contributed by atoms with Crippen LogP contribution in [0, 0.1) is 6.92 Å². The molecule has 1 aromatic heterocycles. The third kappa shape index (κ3) is 3.57. The molecule has 1 aliphatic heterocycles. The molecular weight excluding hydrogens is 287 g/mol. The van der Waals surface area contributed by atoms with Gasteiger partial charge in [0.2, 0.25) is 7.44 Å². The molecule has 1 fully saturated rings. The molecule has 1 aliphatic rings. The second-order valence-corrected chi connectivity index (χ2v) is 9.52. The number of aromatic nitrogens is 1. The molecule has 21 heavy (non-hydrogen) atoms. The van der Waals surface area contributed by atoms with E-state index in [0.717, 1.165) is 37.4 Å². The zero-order valence-corrected chi connectivity index (χ0v) is 14.6. The zero-order valence-electron chi connectivity index (χ0n) is 13.7. The van der Waals surface area contributed by atoms with Gasteiger partial charge < -0.3 is 4.52 Å². The summed E-state index contributed by atoms with van der Waals surface area (Å²) in [6, 6.07) is 2.30. The predicted octanol–water partition coefficient (Wildman–Crippen LogP) is 2.44. The van der Waals surface area contributed by atoms with Crippen molar-refractivity contribution in [2.24, 2.45) is 0 Å². The largest absolute Gasteiger partial charge is 0.359 e. The van der Waals surface area contributed by atoms with Crippen molar-refractivity contribution in [1.82, 2.24) is 19.4 Å². The summed E-state index contributed by atoms with van der Waals surface area (Å²) in [7, 11) is 5.11. The molecule has 0 amide bonds. The molecule has 1 saturated heterocycles. The van der Waals surface area contributed by atoms with Gasteiger partial charge >= 0.3 is 0 Å². The highest BCUT2D eigenvalue weighted by molar-refractivity contribution is 7.59. The van der Waals surface area contributed by atoms with Gasteiger partial charge in [-0.25, -0.2) is 9.34 Å². The highest BCUT2D eigenvalue weighted by Gasteiger charge is 2.33. The molecule has 0 radical (unpaired) electrons. The van der Waals surface area contributed by atoms with Crippen LogP contribution in [0.4, 0.5) is 0 Å². The Balaban J connectivity index is 2.03. The first-order chi connectivity index (χ1) is 9.84. The Bertz CT molecular complexity index is 503. The molecule has 0 N–H and O–H groups in total. The molecule has 0 aliphatic carbocycles. The van der Waals surface area contributed by atoms with Crippen molar-refractivity contribution in [2.75, 3.05) is 47.4 Å². The van der Waals surface area contributed by atoms with Gasteiger partial charge in [0.05, 0.1) is 11.7 Å². The van der Waals surface area contributed by atoms with Crippen LogP contribution in [0.2, 0.25) is 0 Å². The number of aryl methyl sites for hydroxylation is 1. The van der Waals surface area contributed by atoms with Crippen LogP contribution in [0.3, 0.4) is 0 Å². The van der Waals surface area contributed by atoms with E-state index in [9.17, 15) is 4.57 Å². The minimum atomic E-state index is -2.45. The Labute approximate surface area is 127 Å². The molecule has 0 saturated carbocycles. The molecule has 120 valence electrons. The van der Waals surface area contributed by atoms with E-state index in [2.05, 4.69) is 10.1 Å². The van der Waals surface area contributed by atoms with Gasteiger partial charge in [0.15, 0.2) is 5.76 Å². The first-order valence-corrected chi connectivity index (χ1v) is 9.26. The highest BCUT2D eigenvalue weighted by Crippen LogP contribution is 2.49. The fourth-order valence-corrected chi connectivity index (χ4v) is 5.01. The van der Waals surface area contributed by atoms with Crippen LogP contribution >= 0.6 is 7.44 Å². The van der Waals surface area contributed by atoms with E-state index in [1.54, 1.807) is 0 Å². The maximum absolute atomic E-state index is 13.0. The Morgan fingerprint density at radius 3 is 2.57 bits per heavy atom. The van der Waals surface area contributed by atoms with Crippen LogP contribution in [0.15, 0.2) is 10.6 Å². The average Bonchev–Trinajstić information content (AvgIpc) is 3.03. The third-order valence-corrected chi connectivity index (χ3v) is 7.55. The summed E-state index contributed by atoms with van der Waals surface area (Å²) in [4.78, 5) is 2.37. The molecule has 2 heterocycles. The molecule has 1 atom stereocenters. The number of nitrogens with zero attached hydrogens (tertiary/aromatic N) is 4. The molecule has 6 nitrogen and oxygen atoms in total. The number of hydrogen-bond acceptors (Lipinski definition) is 4. The Morgan fingerprint density at radius 1 is 1.38 bits per heavy atom. The van der Waals surface area contributed by atoms with E-state index in [-0.39, 0.29) is 6.04 Å². The normalized spacial score (nSPS) is 20.8. The Morgan fingerprint density at radius 2 is 2.05 bits per heavy atom. The monoisotopic (exact) mass is 314 g/mol. The number of likely N-dealkylation sites (tertiary alicyclic amines) is 1. The zero-order chi connectivity index (χ0) is 15.6. The van der Waals surface area contributed by atoms with Crippen LogP contribution < -0.4 is 0 Å². The summed E-state index contributed by atoms with van der Waals surface area (Å²) in [5.41, 5.74) is 0.920. The smallest absolute Gasteiger partial charge is 0.216 e. The van der Waals surface area contributed by atoms with E-state index >= 15 is 0 Å². The summed E-state index contributed by atoms with van der Waals surface area (Å²) in [5, 5.41) is 3.99. The van der Waals surface area contributed by atoms with E-state index in [4.69, 9.17) is 4.52 Å². The summed E-state index contributed by atoms with van der Waals surface area (Å²) in [5.74, 6) is 0.939. The molecule has 0 aromatic carbocycles. The second kappa shape index (κ2) is 6.61. The lowest BCUT2D eigenvalue weighted by Crippen LogP contribution is -2.31. The van der Waals surface area contributed by atoms with Crippen LogP contribution in [-0.2, 0) is 4.57 Å². The van der Waals surface area contributed by atoms with Crippen molar-refractivity contribution in [1.29, 1.82) is 0 Å². The van der Waals surface area contributed by atoms with Crippen molar-refractivity contribution in [2.45, 2.75) is 25.8 Å². The van der Waals surface area contributed by atoms with Crippen molar-refractivity contribution in [3.8, 4) is 0 Å². The summed E-state index contributed by atoms with van der Waals surface area (Å²) >= 11 is 0.